The zero-order chi connectivity index (χ0) is 13.0. The first-order chi connectivity index (χ1) is 9.14. The van der Waals surface area contributed by atoms with E-state index in [4.69, 9.17) is 5.73 Å². The predicted molar refractivity (Wildman–Crippen MR) is 78.0 cm³/mol. The first kappa shape index (κ1) is 11.6. The molecule has 0 amide bonds. The minimum Gasteiger partial charge on any atom is -0.397 e. The van der Waals surface area contributed by atoms with Crippen molar-refractivity contribution in [2.75, 3.05) is 17.7 Å². The standard InChI is InChI=1S/C16H23N3/c1-19(15-3-2-14(17)10-18-15)16-7-11-4-12(8-16)6-13(5-11)9-16/h2-3,10-13H,4-9,17H2,1H3. The smallest absolute Gasteiger partial charge is 0.128 e. The van der Waals surface area contributed by atoms with Gasteiger partial charge in [0.15, 0.2) is 0 Å². The van der Waals surface area contributed by atoms with Gasteiger partial charge in [0.25, 0.3) is 0 Å². The molecule has 19 heavy (non-hydrogen) atoms. The Bertz CT molecular complexity index is 444. The lowest BCUT2D eigenvalue weighted by Crippen LogP contribution is -2.59. The molecule has 4 saturated carbocycles. The monoisotopic (exact) mass is 257 g/mol. The lowest BCUT2D eigenvalue weighted by molar-refractivity contribution is -0.00228. The first-order valence-corrected chi connectivity index (χ1v) is 7.60. The van der Waals surface area contributed by atoms with Gasteiger partial charge in [0.2, 0.25) is 0 Å². The highest BCUT2D eigenvalue weighted by Crippen LogP contribution is 2.57. The SMILES string of the molecule is CN(c1ccc(N)cn1)C12CC3CC(CC(C3)C1)C2. The van der Waals surface area contributed by atoms with E-state index >= 15 is 0 Å². The van der Waals surface area contributed by atoms with E-state index in [2.05, 4.69) is 23.0 Å². The fourth-order valence-corrected chi connectivity index (χ4v) is 5.31. The highest BCUT2D eigenvalue weighted by atomic mass is 15.2. The van der Waals surface area contributed by atoms with Crippen LogP contribution in [0.15, 0.2) is 18.3 Å². The molecule has 102 valence electrons. The average Bonchev–Trinajstić information content (AvgIpc) is 2.37. The third kappa shape index (κ3) is 1.74. The molecule has 3 heteroatoms. The van der Waals surface area contributed by atoms with Crippen LogP contribution in [0.4, 0.5) is 11.5 Å². The molecule has 0 unspecified atom stereocenters. The van der Waals surface area contributed by atoms with Crippen LogP contribution in [0.3, 0.4) is 0 Å². The molecule has 4 aliphatic carbocycles. The summed E-state index contributed by atoms with van der Waals surface area (Å²) < 4.78 is 0. The van der Waals surface area contributed by atoms with Gasteiger partial charge >= 0.3 is 0 Å². The summed E-state index contributed by atoms with van der Waals surface area (Å²) in [4.78, 5) is 7.01. The van der Waals surface area contributed by atoms with E-state index in [1.54, 1.807) is 6.20 Å². The Morgan fingerprint density at radius 2 is 1.68 bits per heavy atom. The highest BCUT2D eigenvalue weighted by Gasteiger charge is 2.53. The van der Waals surface area contributed by atoms with Crippen molar-refractivity contribution in [1.82, 2.24) is 4.98 Å². The quantitative estimate of drug-likeness (QED) is 0.885. The molecular formula is C16H23N3. The summed E-state index contributed by atoms with van der Waals surface area (Å²) in [7, 11) is 2.24. The number of rotatable bonds is 2. The van der Waals surface area contributed by atoms with Gasteiger partial charge in [-0.25, -0.2) is 4.98 Å². The summed E-state index contributed by atoms with van der Waals surface area (Å²) in [6, 6.07) is 4.05. The van der Waals surface area contributed by atoms with E-state index in [0.29, 0.717) is 5.54 Å². The van der Waals surface area contributed by atoms with Gasteiger partial charge in [-0.3, -0.25) is 0 Å². The molecule has 0 radical (unpaired) electrons. The van der Waals surface area contributed by atoms with Gasteiger partial charge in [-0.05, 0) is 68.4 Å². The molecule has 0 aliphatic heterocycles. The van der Waals surface area contributed by atoms with Crippen molar-refractivity contribution < 1.29 is 0 Å². The van der Waals surface area contributed by atoms with Gasteiger partial charge in [-0.2, -0.15) is 0 Å². The molecule has 4 bridgehead atoms. The fraction of sp³-hybridized carbons (Fsp3) is 0.688. The summed E-state index contributed by atoms with van der Waals surface area (Å²) >= 11 is 0. The normalized spacial score (nSPS) is 39.5. The number of hydrogen-bond donors (Lipinski definition) is 1. The fourth-order valence-electron chi connectivity index (χ4n) is 5.31. The van der Waals surface area contributed by atoms with Crippen molar-refractivity contribution in [3.8, 4) is 0 Å². The van der Waals surface area contributed by atoms with Gasteiger partial charge in [-0.15, -0.1) is 0 Å². The van der Waals surface area contributed by atoms with Crippen LogP contribution in [0.5, 0.6) is 0 Å². The molecule has 1 heterocycles. The Labute approximate surface area is 115 Å². The topological polar surface area (TPSA) is 42.1 Å². The van der Waals surface area contributed by atoms with E-state index in [1.165, 1.54) is 38.5 Å². The second-order valence-corrected chi connectivity index (χ2v) is 7.15. The number of anilines is 2. The maximum Gasteiger partial charge on any atom is 0.128 e. The van der Waals surface area contributed by atoms with Crippen LogP contribution in [0, 0.1) is 17.8 Å². The molecule has 4 fully saturated rings. The zero-order valence-corrected chi connectivity index (χ0v) is 11.7. The van der Waals surface area contributed by atoms with Crippen molar-refractivity contribution >= 4 is 11.5 Å². The van der Waals surface area contributed by atoms with Crippen molar-refractivity contribution in [1.29, 1.82) is 0 Å². The van der Waals surface area contributed by atoms with Crippen LogP contribution >= 0.6 is 0 Å². The van der Waals surface area contributed by atoms with Crippen molar-refractivity contribution in [2.45, 2.75) is 44.1 Å². The lowest BCUT2D eigenvalue weighted by Gasteiger charge is -2.60. The van der Waals surface area contributed by atoms with E-state index in [9.17, 15) is 0 Å². The number of aromatic nitrogens is 1. The lowest BCUT2D eigenvalue weighted by atomic mass is 9.52. The Kier molecular flexibility index (Phi) is 2.36. The molecule has 0 saturated heterocycles. The first-order valence-electron chi connectivity index (χ1n) is 7.60. The van der Waals surface area contributed by atoms with E-state index in [0.717, 1.165) is 29.3 Å². The maximum absolute atomic E-state index is 5.75. The number of nitrogens with two attached hydrogens (primary N) is 1. The molecule has 1 aromatic heterocycles. The predicted octanol–water partition coefficient (Wildman–Crippen LogP) is 3.07. The molecule has 0 aromatic carbocycles. The van der Waals surface area contributed by atoms with Crippen molar-refractivity contribution in [3.63, 3.8) is 0 Å². The van der Waals surface area contributed by atoms with Gasteiger partial charge in [-0.1, -0.05) is 0 Å². The molecule has 0 spiro atoms. The van der Waals surface area contributed by atoms with Gasteiger partial charge in [0.05, 0.1) is 11.9 Å². The minimum atomic E-state index is 0.387. The second-order valence-electron chi connectivity index (χ2n) is 7.15. The minimum absolute atomic E-state index is 0.387. The molecular weight excluding hydrogens is 234 g/mol. The molecule has 4 aliphatic rings. The van der Waals surface area contributed by atoms with Gasteiger partial charge < -0.3 is 10.6 Å². The summed E-state index contributed by atoms with van der Waals surface area (Å²) in [5, 5.41) is 0. The third-order valence-corrected chi connectivity index (χ3v) is 5.83. The number of pyridine rings is 1. The number of nitrogens with zero attached hydrogens (tertiary/aromatic N) is 2. The molecule has 3 nitrogen and oxygen atoms in total. The second kappa shape index (κ2) is 3.87. The number of nitrogen functional groups attached to an aromatic ring is 1. The summed E-state index contributed by atoms with van der Waals surface area (Å²) in [5.74, 6) is 4.02. The molecule has 5 rings (SSSR count). The van der Waals surface area contributed by atoms with Crippen LogP contribution in [0.1, 0.15) is 38.5 Å². The van der Waals surface area contributed by atoms with Gasteiger partial charge in [0, 0.05) is 12.6 Å². The molecule has 1 aromatic rings. The van der Waals surface area contributed by atoms with Crippen LogP contribution in [0.2, 0.25) is 0 Å². The summed E-state index contributed by atoms with van der Waals surface area (Å²) in [6.45, 7) is 0. The Balaban J connectivity index is 1.65. The third-order valence-electron chi connectivity index (χ3n) is 5.83. The van der Waals surface area contributed by atoms with E-state index in [-0.39, 0.29) is 0 Å². The van der Waals surface area contributed by atoms with Crippen molar-refractivity contribution in [3.05, 3.63) is 18.3 Å². The largest absolute Gasteiger partial charge is 0.397 e. The average molecular weight is 257 g/mol. The maximum atomic E-state index is 5.75. The molecule has 0 atom stereocenters. The van der Waals surface area contributed by atoms with Crippen LogP contribution in [0.25, 0.3) is 0 Å². The van der Waals surface area contributed by atoms with E-state index in [1.807, 2.05) is 6.07 Å². The Hall–Kier alpha value is -1.25. The van der Waals surface area contributed by atoms with Crippen LogP contribution in [-0.2, 0) is 0 Å². The molecule has 2 N–H and O–H groups in total. The van der Waals surface area contributed by atoms with Crippen molar-refractivity contribution in [2.24, 2.45) is 17.8 Å². The Morgan fingerprint density at radius 3 is 2.16 bits per heavy atom. The van der Waals surface area contributed by atoms with Gasteiger partial charge in [0.1, 0.15) is 5.82 Å². The summed E-state index contributed by atoms with van der Waals surface area (Å²) in [5.41, 5.74) is 6.89. The number of hydrogen-bond acceptors (Lipinski definition) is 3. The zero-order valence-electron chi connectivity index (χ0n) is 11.7. The highest BCUT2D eigenvalue weighted by molar-refractivity contribution is 5.47. The summed E-state index contributed by atoms with van der Waals surface area (Å²) in [6.07, 6.45) is 10.4. The van der Waals surface area contributed by atoms with Crippen LogP contribution in [-0.4, -0.2) is 17.6 Å². The Morgan fingerprint density at radius 1 is 1.11 bits per heavy atom. The van der Waals surface area contributed by atoms with Crippen LogP contribution < -0.4 is 10.6 Å². The van der Waals surface area contributed by atoms with E-state index < -0.39 is 0 Å².